The van der Waals surface area contributed by atoms with Gasteiger partial charge in [0.05, 0.1) is 12.4 Å². The Morgan fingerprint density at radius 2 is 1.86 bits per heavy atom. The van der Waals surface area contributed by atoms with Gasteiger partial charge in [0, 0.05) is 5.69 Å². The van der Waals surface area contributed by atoms with Crippen molar-refractivity contribution >= 4 is 15.5 Å². The Kier molecular flexibility index (Phi) is 3.91. The normalized spacial score (nSPS) is 11.2. The minimum Gasteiger partial charge on any atom is -0.395 e. The van der Waals surface area contributed by atoms with Gasteiger partial charge in [0.2, 0.25) is 0 Å². The van der Waals surface area contributed by atoms with Crippen LogP contribution >= 0.6 is 0 Å². The molecule has 0 saturated carbocycles. The van der Waals surface area contributed by atoms with Crippen LogP contribution in [-0.4, -0.2) is 31.8 Å². The number of benzene rings is 1. The van der Waals surface area contributed by atoms with Crippen LogP contribution in [-0.2, 0) is 9.84 Å². The summed E-state index contributed by atoms with van der Waals surface area (Å²) in [5, 5.41) is 11.3. The number of sulfone groups is 1. The quantitative estimate of drug-likeness (QED) is 0.749. The van der Waals surface area contributed by atoms with Crippen LogP contribution < -0.4 is 5.32 Å². The third-order valence-electron chi connectivity index (χ3n) is 1.67. The maximum absolute atomic E-state index is 11.2. The number of aliphatic hydroxyl groups is 1. The van der Waals surface area contributed by atoms with Crippen LogP contribution in [0.25, 0.3) is 0 Å². The lowest BCUT2D eigenvalue weighted by molar-refractivity contribution is 0.319. The summed E-state index contributed by atoms with van der Waals surface area (Å²) in [7, 11) is -3.19. The minimum atomic E-state index is -3.19. The van der Waals surface area contributed by atoms with Crippen LogP contribution in [0.4, 0.5) is 5.69 Å². The average molecular weight is 215 g/mol. The van der Waals surface area contributed by atoms with Gasteiger partial charge in [0.1, 0.15) is 5.88 Å². The molecule has 0 aromatic heterocycles. The van der Waals surface area contributed by atoms with Crippen LogP contribution in [0, 0.1) is 0 Å². The van der Waals surface area contributed by atoms with E-state index in [1.165, 1.54) is 0 Å². The fourth-order valence-electron chi connectivity index (χ4n) is 0.961. The second kappa shape index (κ2) is 4.97. The first-order valence-corrected chi connectivity index (χ1v) is 6.06. The topological polar surface area (TPSA) is 66.4 Å². The molecule has 1 aromatic carbocycles. The molecule has 4 nitrogen and oxygen atoms in total. The van der Waals surface area contributed by atoms with Gasteiger partial charge in [-0.15, -0.1) is 0 Å². The summed E-state index contributed by atoms with van der Waals surface area (Å²) in [6, 6.07) is 9.07. The number of aliphatic hydroxyl groups excluding tert-OH is 1. The summed E-state index contributed by atoms with van der Waals surface area (Å²) in [5.74, 6) is -0.343. The van der Waals surface area contributed by atoms with E-state index < -0.39 is 9.84 Å². The number of para-hydroxylation sites is 1. The second-order valence-corrected chi connectivity index (χ2v) is 5.04. The molecular weight excluding hydrogens is 202 g/mol. The summed E-state index contributed by atoms with van der Waals surface area (Å²) in [5.41, 5.74) is 0.758. The zero-order chi connectivity index (χ0) is 10.4. The van der Waals surface area contributed by atoms with E-state index in [1.807, 2.05) is 18.2 Å². The van der Waals surface area contributed by atoms with Gasteiger partial charge in [-0.05, 0) is 12.1 Å². The molecular formula is C9H13NO3S. The molecule has 0 fully saturated rings. The van der Waals surface area contributed by atoms with E-state index in [1.54, 1.807) is 12.1 Å². The number of hydrogen-bond acceptors (Lipinski definition) is 4. The minimum absolute atomic E-state index is 0.141. The highest BCUT2D eigenvalue weighted by Crippen LogP contribution is 2.05. The van der Waals surface area contributed by atoms with Crippen LogP contribution in [0.5, 0.6) is 0 Å². The van der Waals surface area contributed by atoms with E-state index in [0.717, 1.165) is 5.69 Å². The first-order chi connectivity index (χ1) is 6.64. The SMILES string of the molecule is O=S(=O)(CCO)CNc1ccccc1. The van der Waals surface area contributed by atoms with Crippen molar-refractivity contribution < 1.29 is 13.5 Å². The van der Waals surface area contributed by atoms with Gasteiger partial charge in [0.15, 0.2) is 9.84 Å². The van der Waals surface area contributed by atoms with Crippen LogP contribution in [0.3, 0.4) is 0 Å². The van der Waals surface area contributed by atoms with Gasteiger partial charge < -0.3 is 10.4 Å². The molecule has 1 aromatic rings. The molecule has 0 amide bonds. The molecule has 0 heterocycles. The summed E-state index contributed by atoms with van der Waals surface area (Å²) in [4.78, 5) is 0. The molecule has 0 saturated heterocycles. The lowest BCUT2D eigenvalue weighted by Crippen LogP contribution is -2.19. The zero-order valence-corrected chi connectivity index (χ0v) is 8.50. The molecule has 0 aliphatic carbocycles. The van der Waals surface area contributed by atoms with Gasteiger partial charge in [-0.2, -0.15) is 0 Å². The van der Waals surface area contributed by atoms with Crippen molar-refractivity contribution in [1.82, 2.24) is 0 Å². The highest BCUT2D eigenvalue weighted by atomic mass is 32.2. The van der Waals surface area contributed by atoms with E-state index in [4.69, 9.17) is 5.11 Å². The largest absolute Gasteiger partial charge is 0.395 e. The van der Waals surface area contributed by atoms with Gasteiger partial charge in [0.25, 0.3) is 0 Å². The lowest BCUT2D eigenvalue weighted by Gasteiger charge is -2.05. The zero-order valence-electron chi connectivity index (χ0n) is 7.68. The fourth-order valence-corrected chi connectivity index (χ4v) is 1.77. The molecule has 5 heteroatoms. The molecule has 0 spiro atoms. The van der Waals surface area contributed by atoms with Crippen LogP contribution in [0.2, 0.25) is 0 Å². The Hall–Kier alpha value is -1.07. The third kappa shape index (κ3) is 3.76. The maximum Gasteiger partial charge on any atom is 0.170 e. The standard InChI is InChI=1S/C9H13NO3S/c11-6-7-14(12,13)8-10-9-4-2-1-3-5-9/h1-5,10-11H,6-8H2. The molecule has 0 radical (unpaired) electrons. The Balaban J connectivity index is 2.49. The van der Waals surface area contributed by atoms with E-state index in [9.17, 15) is 8.42 Å². The summed E-state index contributed by atoms with van der Waals surface area (Å²) in [6.45, 7) is -0.335. The molecule has 0 unspecified atom stereocenters. The lowest BCUT2D eigenvalue weighted by atomic mass is 10.3. The summed E-state index contributed by atoms with van der Waals surface area (Å²) in [6.07, 6.45) is 0. The molecule has 2 N–H and O–H groups in total. The Labute approximate surface area is 83.5 Å². The van der Waals surface area contributed by atoms with Crippen molar-refractivity contribution in [2.75, 3.05) is 23.6 Å². The Morgan fingerprint density at radius 3 is 2.43 bits per heavy atom. The van der Waals surface area contributed by atoms with Crippen molar-refractivity contribution in [3.8, 4) is 0 Å². The average Bonchev–Trinajstić information content (AvgIpc) is 2.17. The second-order valence-electron chi connectivity index (χ2n) is 2.86. The van der Waals surface area contributed by atoms with Gasteiger partial charge in [-0.3, -0.25) is 0 Å². The van der Waals surface area contributed by atoms with Crippen molar-refractivity contribution in [2.24, 2.45) is 0 Å². The number of anilines is 1. The van der Waals surface area contributed by atoms with Crippen molar-refractivity contribution in [2.45, 2.75) is 0 Å². The van der Waals surface area contributed by atoms with Crippen molar-refractivity contribution in [3.05, 3.63) is 30.3 Å². The molecule has 78 valence electrons. The monoisotopic (exact) mass is 215 g/mol. The van der Waals surface area contributed by atoms with E-state index in [2.05, 4.69) is 5.32 Å². The number of nitrogens with one attached hydrogen (secondary N) is 1. The fraction of sp³-hybridized carbons (Fsp3) is 0.333. The summed E-state index contributed by atoms with van der Waals surface area (Å²) >= 11 is 0. The molecule has 0 aliphatic heterocycles. The van der Waals surface area contributed by atoms with Crippen LogP contribution in [0.1, 0.15) is 0 Å². The number of rotatable bonds is 5. The smallest absolute Gasteiger partial charge is 0.170 e. The Bertz CT molecular complexity index is 361. The predicted molar refractivity (Wildman–Crippen MR) is 55.8 cm³/mol. The van der Waals surface area contributed by atoms with E-state index >= 15 is 0 Å². The van der Waals surface area contributed by atoms with Crippen LogP contribution in [0.15, 0.2) is 30.3 Å². The van der Waals surface area contributed by atoms with Gasteiger partial charge in [-0.1, -0.05) is 18.2 Å². The molecule has 1 rings (SSSR count). The highest BCUT2D eigenvalue weighted by molar-refractivity contribution is 7.91. The Morgan fingerprint density at radius 1 is 1.21 bits per heavy atom. The molecule has 0 atom stereocenters. The van der Waals surface area contributed by atoms with E-state index in [0.29, 0.717) is 0 Å². The third-order valence-corrected chi connectivity index (χ3v) is 3.06. The molecule has 0 aliphatic rings. The molecule has 14 heavy (non-hydrogen) atoms. The van der Waals surface area contributed by atoms with Gasteiger partial charge >= 0.3 is 0 Å². The maximum atomic E-state index is 11.2. The first-order valence-electron chi connectivity index (χ1n) is 4.24. The highest BCUT2D eigenvalue weighted by Gasteiger charge is 2.08. The van der Waals surface area contributed by atoms with Crippen molar-refractivity contribution in [3.63, 3.8) is 0 Å². The summed E-state index contributed by atoms with van der Waals surface area (Å²) < 4.78 is 22.4. The predicted octanol–water partition coefficient (Wildman–Crippen LogP) is 0.463. The van der Waals surface area contributed by atoms with Crippen molar-refractivity contribution in [1.29, 1.82) is 0 Å². The first kappa shape index (κ1) is 11.0. The van der Waals surface area contributed by atoms with E-state index in [-0.39, 0.29) is 18.2 Å². The molecule has 0 bridgehead atoms. The van der Waals surface area contributed by atoms with Gasteiger partial charge in [-0.25, -0.2) is 8.42 Å². The number of hydrogen-bond donors (Lipinski definition) is 2.